The van der Waals surface area contributed by atoms with Crippen LogP contribution in [0, 0.1) is 6.92 Å². The summed E-state index contributed by atoms with van der Waals surface area (Å²) in [6.45, 7) is 5.77. The molecule has 2 rings (SSSR count). The Morgan fingerprint density at radius 1 is 1.15 bits per heavy atom. The summed E-state index contributed by atoms with van der Waals surface area (Å²) in [4.78, 5) is 12.0. The quantitative estimate of drug-likeness (QED) is 0.690. The molecular weight excluding hydrogens is 364 g/mol. The van der Waals surface area contributed by atoms with Gasteiger partial charge in [0.1, 0.15) is 5.75 Å². The first-order valence-electron chi connectivity index (χ1n) is 8.88. The number of ether oxygens (including phenoxy) is 1. The molecule has 0 unspecified atom stereocenters. The van der Waals surface area contributed by atoms with E-state index < -0.39 is 10.0 Å². The van der Waals surface area contributed by atoms with Crippen LogP contribution in [-0.2, 0) is 21.4 Å². The van der Waals surface area contributed by atoms with E-state index in [4.69, 9.17) is 4.74 Å². The molecule has 0 spiro atoms. The summed E-state index contributed by atoms with van der Waals surface area (Å²) in [5.41, 5.74) is 1.53. The van der Waals surface area contributed by atoms with Crippen molar-refractivity contribution in [3.05, 3.63) is 59.7 Å². The number of aryl methyl sites for hydroxylation is 1. The van der Waals surface area contributed by atoms with E-state index in [1.54, 1.807) is 13.0 Å². The van der Waals surface area contributed by atoms with Gasteiger partial charge in [0.05, 0.1) is 4.90 Å². The van der Waals surface area contributed by atoms with Crippen molar-refractivity contribution in [3.63, 3.8) is 0 Å². The summed E-state index contributed by atoms with van der Waals surface area (Å²) in [7, 11) is -3.63. The lowest BCUT2D eigenvalue weighted by molar-refractivity contribution is -0.123. The molecule has 0 saturated heterocycles. The second-order valence-corrected chi connectivity index (χ2v) is 8.17. The van der Waals surface area contributed by atoms with Crippen LogP contribution in [-0.4, -0.2) is 27.0 Å². The van der Waals surface area contributed by atoms with E-state index in [1.807, 2.05) is 44.2 Å². The minimum atomic E-state index is -3.63. The van der Waals surface area contributed by atoms with Crippen LogP contribution in [0.2, 0.25) is 0 Å². The van der Waals surface area contributed by atoms with Crippen LogP contribution in [0.5, 0.6) is 5.75 Å². The predicted molar refractivity (Wildman–Crippen MR) is 105 cm³/mol. The van der Waals surface area contributed by atoms with Gasteiger partial charge in [-0.1, -0.05) is 37.3 Å². The summed E-state index contributed by atoms with van der Waals surface area (Å²) in [6.07, 6.45) is 0.841. The normalized spacial score (nSPS) is 12.4. The van der Waals surface area contributed by atoms with Crippen molar-refractivity contribution >= 4 is 15.9 Å². The first-order chi connectivity index (χ1) is 12.8. The van der Waals surface area contributed by atoms with Crippen molar-refractivity contribution < 1.29 is 17.9 Å². The van der Waals surface area contributed by atoms with Crippen molar-refractivity contribution in [1.29, 1.82) is 0 Å². The van der Waals surface area contributed by atoms with E-state index in [1.165, 1.54) is 12.1 Å². The first-order valence-corrected chi connectivity index (χ1v) is 10.4. The highest BCUT2D eigenvalue weighted by molar-refractivity contribution is 7.89. The highest BCUT2D eigenvalue weighted by atomic mass is 32.2. The molecule has 0 aliphatic carbocycles. The Kier molecular flexibility index (Phi) is 7.38. The summed E-state index contributed by atoms with van der Waals surface area (Å²) in [5.74, 6) is 0.279. The maximum atomic E-state index is 12.5. The number of rotatable bonds is 9. The molecule has 0 radical (unpaired) electrons. The van der Waals surface area contributed by atoms with Crippen LogP contribution in [0.15, 0.2) is 53.4 Å². The van der Waals surface area contributed by atoms with Crippen molar-refractivity contribution in [3.8, 4) is 5.75 Å². The van der Waals surface area contributed by atoms with Gasteiger partial charge in [0, 0.05) is 12.6 Å². The van der Waals surface area contributed by atoms with E-state index in [2.05, 4.69) is 10.0 Å². The Morgan fingerprint density at radius 3 is 2.48 bits per heavy atom. The highest BCUT2D eigenvalue weighted by Crippen LogP contribution is 2.22. The third kappa shape index (κ3) is 6.37. The molecule has 0 bridgehead atoms. The van der Waals surface area contributed by atoms with Crippen LogP contribution < -0.4 is 14.8 Å². The van der Waals surface area contributed by atoms with Gasteiger partial charge < -0.3 is 10.1 Å². The van der Waals surface area contributed by atoms with Crippen LogP contribution in [0.1, 0.15) is 31.4 Å². The largest absolute Gasteiger partial charge is 0.484 e. The van der Waals surface area contributed by atoms with Gasteiger partial charge in [0.2, 0.25) is 10.0 Å². The van der Waals surface area contributed by atoms with Gasteiger partial charge in [0.25, 0.3) is 5.91 Å². The monoisotopic (exact) mass is 390 g/mol. The molecule has 2 aromatic rings. The Bertz CT molecular complexity index is 867. The van der Waals surface area contributed by atoms with Crippen molar-refractivity contribution in [2.24, 2.45) is 0 Å². The van der Waals surface area contributed by atoms with Gasteiger partial charge in [-0.15, -0.1) is 0 Å². The molecule has 0 aliphatic rings. The molecule has 0 aliphatic heterocycles. The molecule has 1 atom stereocenters. The highest BCUT2D eigenvalue weighted by Gasteiger charge is 2.16. The summed E-state index contributed by atoms with van der Waals surface area (Å²) in [6, 6.07) is 14.0. The molecule has 27 heavy (non-hydrogen) atoms. The SMILES string of the molecule is CC[C@H](C)NC(=O)COc1ccc(S(=O)(=O)NCc2ccccc2)cc1C. The Labute approximate surface area is 161 Å². The minimum Gasteiger partial charge on any atom is -0.484 e. The van der Waals surface area contributed by atoms with E-state index >= 15 is 0 Å². The molecular formula is C20H26N2O4S. The second-order valence-electron chi connectivity index (χ2n) is 6.40. The van der Waals surface area contributed by atoms with E-state index in [0.29, 0.717) is 11.3 Å². The number of hydrogen-bond donors (Lipinski definition) is 2. The zero-order valence-corrected chi connectivity index (χ0v) is 16.7. The van der Waals surface area contributed by atoms with E-state index in [9.17, 15) is 13.2 Å². The van der Waals surface area contributed by atoms with Gasteiger partial charge in [0.15, 0.2) is 6.61 Å². The molecule has 0 fully saturated rings. The number of amides is 1. The summed E-state index contributed by atoms with van der Waals surface area (Å²) < 4.78 is 33.0. The van der Waals surface area contributed by atoms with Gasteiger partial charge in [-0.3, -0.25) is 4.79 Å². The van der Waals surface area contributed by atoms with Crippen molar-refractivity contribution in [2.45, 2.75) is 44.7 Å². The topological polar surface area (TPSA) is 84.5 Å². The fraction of sp³-hybridized carbons (Fsp3) is 0.350. The molecule has 0 saturated carbocycles. The van der Waals surface area contributed by atoms with Crippen LogP contribution in [0.3, 0.4) is 0 Å². The third-order valence-electron chi connectivity index (χ3n) is 4.14. The molecule has 0 aromatic heterocycles. The fourth-order valence-corrected chi connectivity index (χ4v) is 3.47. The first kappa shape index (κ1) is 20.9. The Hall–Kier alpha value is -2.38. The van der Waals surface area contributed by atoms with Crippen molar-refractivity contribution in [1.82, 2.24) is 10.0 Å². The number of nitrogens with one attached hydrogen (secondary N) is 2. The standard InChI is InChI=1S/C20H26N2O4S/c1-4-16(3)22-20(23)14-26-19-11-10-18(12-15(19)2)27(24,25)21-13-17-8-6-5-7-9-17/h5-12,16,21H,4,13-14H2,1-3H3,(H,22,23)/t16-/m0/s1. The van der Waals surface area contributed by atoms with Crippen LogP contribution in [0.25, 0.3) is 0 Å². The molecule has 1 amide bonds. The Morgan fingerprint density at radius 2 is 1.85 bits per heavy atom. The second kappa shape index (κ2) is 9.53. The smallest absolute Gasteiger partial charge is 0.258 e. The average molecular weight is 391 g/mol. The van der Waals surface area contributed by atoms with Crippen molar-refractivity contribution in [2.75, 3.05) is 6.61 Å². The molecule has 2 aromatic carbocycles. The van der Waals surface area contributed by atoms with Crippen LogP contribution >= 0.6 is 0 Å². The van der Waals surface area contributed by atoms with E-state index in [-0.39, 0.29) is 30.0 Å². The number of sulfonamides is 1. The maximum Gasteiger partial charge on any atom is 0.258 e. The minimum absolute atomic E-state index is 0.0883. The van der Waals surface area contributed by atoms with Crippen LogP contribution in [0.4, 0.5) is 0 Å². The Balaban J connectivity index is 1.99. The molecule has 2 N–H and O–H groups in total. The van der Waals surface area contributed by atoms with Gasteiger partial charge in [-0.25, -0.2) is 13.1 Å². The third-order valence-corrected chi connectivity index (χ3v) is 5.54. The van der Waals surface area contributed by atoms with Gasteiger partial charge in [-0.05, 0) is 49.6 Å². The van der Waals surface area contributed by atoms with Gasteiger partial charge in [-0.2, -0.15) is 0 Å². The number of carbonyl (C=O) groups is 1. The number of carbonyl (C=O) groups excluding carboxylic acids is 1. The average Bonchev–Trinajstić information content (AvgIpc) is 2.66. The number of hydrogen-bond acceptors (Lipinski definition) is 4. The molecule has 7 heteroatoms. The lowest BCUT2D eigenvalue weighted by atomic mass is 10.2. The molecule has 6 nitrogen and oxygen atoms in total. The molecule has 0 heterocycles. The summed E-state index contributed by atoms with van der Waals surface area (Å²) in [5, 5.41) is 2.82. The zero-order chi connectivity index (χ0) is 19.9. The predicted octanol–water partition coefficient (Wildman–Crippen LogP) is 2.77. The fourth-order valence-electron chi connectivity index (χ4n) is 2.37. The summed E-state index contributed by atoms with van der Waals surface area (Å²) >= 11 is 0. The molecule has 146 valence electrons. The lowest BCUT2D eigenvalue weighted by Crippen LogP contribution is -2.35. The van der Waals surface area contributed by atoms with Gasteiger partial charge >= 0.3 is 0 Å². The lowest BCUT2D eigenvalue weighted by Gasteiger charge is -2.14. The zero-order valence-electron chi connectivity index (χ0n) is 15.9. The van der Waals surface area contributed by atoms with E-state index in [0.717, 1.165) is 12.0 Å². The number of benzene rings is 2. The maximum absolute atomic E-state index is 12.5.